The van der Waals surface area contributed by atoms with Crippen molar-refractivity contribution in [2.75, 3.05) is 13.2 Å². The first-order chi connectivity index (χ1) is 8.98. The van der Waals surface area contributed by atoms with Crippen LogP contribution in [0, 0.1) is 0 Å². The molecule has 19 heavy (non-hydrogen) atoms. The minimum absolute atomic E-state index is 0.325. The van der Waals surface area contributed by atoms with Crippen LogP contribution in [0.2, 0.25) is 0 Å². The molecule has 104 valence electrons. The summed E-state index contributed by atoms with van der Waals surface area (Å²) >= 11 is 0. The zero-order chi connectivity index (χ0) is 13.9. The van der Waals surface area contributed by atoms with Gasteiger partial charge in [0.05, 0.1) is 5.56 Å². The predicted octanol–water partition coefficient (Wildman–Crippen LogP) is 4.33. The van der Waals surface area contributed by atoms with Crippen LogP contribution in [0.15, 0.2) is 36.4 Å². The minimum Gasteiger partial charge on any atom is -0.381 e. The minimum atomic E-state index is -4.29. The summed E-state index contributed by atoms with van der Waals surface area (Å²) in [6.07, 6.45) is 1.06. The zero-order valence-corrected chi connectivity index (χ0v) is 10.8. The van der Waals surface area contributed by atoms with Crippen LogP contribution < -0.4 is 0 Å². The molecule has 0 spiro atoms. The summed E-state index contributed by atoms with van der Waals surface area (Å²) in [6.45, 7) is 3.06. The molecule has 1 saturated heterocycles. The molecule has 0 aliphatic carbocycles. The van der Waals surface area contributed by atoms with Gasteiger partial charge in [0.25, 0.3) is 0 Å². The highest BCUT2D eigenvalue weighted by atomic mass is 19.4. The van der Waals surface area contributed by atoms with Gasteiger partial charge in [0.15, 0.2) is 0 Å². The molecule has 0 aromatic heterocycles. The number of hydrogen-bond donors (Lipinski definition) is 0. The van der Waals surface area contributed by atoms with Gasteiger partial charge in [-0.25, -0.2) is 0 Å². The fourth-order valence-corrected chi connectivity index (χ4v) is 2.61. The maximum Gasteiger partial charge on any atom is 0.416 e. The molecule has 0 bridgehead atoms. The maximum absolute atomic E-state index is 12.8. The van der Waals surface area contributed by atoms with E-state index in [1.807, 2.05) is 19.1 Å². The fourth-order valence-electron chi connectivity index (χ4n) is 2.61. The number of halogens is 3. The van der Waals surface area contributed by atoms with E-state index in [1.165, 1.54) is 12.1 Å². The maximum atomic E-state index is 12.8. The fraction of sp³-hybridized carbons (Fsp3) is 0.467. The lowest BCUT2D eigenvalue weighted by Gasteiger charge is -2.35. The van der Waals surface area contributed by atoms with Gasteiger partial charge in [-0.2, -0.15) is 13.2 Å². The van der Waals surface area contributed by atoms with Crippen LogP contribution in [0.3, 0.4) is 0 Å². The third-order valence-electron chi connectivity index (χ3n) is 3.64. The van der Waals surface area contributed by atoms with Crippen LogP contribution in [0.5, 0.6) is 0 Å². The second-order valence-corrected chi connectivity index (χ2v) is 4.85. The van der Waals surface area contributed by atoms with Gasteiger partial charge < -0.3 is 4.74 Å². The SMILES string of the molecule is C/C=C/C1(c2cccc(C(F)(F)F)c2)CCOCC1. The van der Waals surface area contributed by atoms with Crippen LogP contribution in [-0.4, -0.2) is 13.2 Å². The van der Waals surface area contributed by atoms with Gasteiger partial charge >= 0.3 is 6.18 Å². The summed E-state index contributed by atoms with van der Waals surface area (Å²) in [5.41, 5.74) is -0.182. The van der Waals surface area contributed by atoms with Gasteiger partial charge in [-0.15, -0.1) is 0 Å². The molecule has 1 fully saturated rings. The van der Waals surface area contributed by atoms with E-state index in [0.29, 0.717) is 13.2 Å². The molecule has 0 atom stereocenters. The molecule has 4 heteroatoms. The molecule has 1 aromatic carbocycles. The molecule has 0 amide bonds. The molecular formula is C15H17F3O. The van der Waals surface area contributed by atoms with E-state index in [-0.39, 0.29) is 5.41 Å². The molecule has 0 saturated carbocycles. The van der Waals surface area contributed by atoms with Crippen molar-refractivity contribution in [3.63, 3.8) is 0 Å². The third kappa shape index (κ3) is 3.00. The Bertz CT molecular complexity index is 457. The van der Waals surface area contributed by atoms with E-state index in [2.05, 4.69) is 0 Å². The van der Waals surface area contributed by atoms with Gasteiger partial charge in [-0.1, -0.05) is 30.4 Å². The van der Waals surface area contributed by atoms with Gasteiger partial charge in [0.2, 0.25) is 0 Å². The van der Waals surface area contributed by atoms with E-state index >= 15 is 0 Å². The number of ether oxygens (including phenoxy) is 1. The van der Waals surface area contributed by atoms with Gasteiger partial charge in [0, 0.05) is 18.6 Å². The summed E-state index contributed by atoms with van der Waals surface area (Å²) in [5, 5.41) is 0. The lowest BCUT2D eigenvalue weighted by atomic mass is 9.73. The first-order valence-electron chi connectivity index (χ1n) is 6.37. The number of hydrogen-bond acceptors (Lipinski definition) is 1. The molecular weight excluding hydrogens is 253 g/mol. The van der Waals surface area contributed by atoms with E-state index in [1.54, 1.807) is 6.07 Å². The summed E-state index contributed by atoms with van der Waals surface area (Å²) in [6, 6.07) is 5.65. The van der Waals surface area contributed by atoms with Crippen molar-refractivity contribution in [1.29, 1.82) is 0 Å². The average Bonchev–Trinajstić information content (AvgIpc) is 2.39. The first-order valence-corrected chi connectivity index (χ1v) is 6.37. The predicted molar refractivity (Wildman–Crippen MR) is 68.0 cm³/mol. The second-order valence-electron chi connectivity index (χ2n) is 4.85. The van der Waals surface area contributed by atoms with Crippen molar-refractivity contribution in [3.8, 4) is 0 Å². The van der Waals surface area contributed by atoms with Crippen LogP contribution >= 0.6 is 0 Å². The smallest absolute Gasteiger partial charge is 0.381 e. The Morgan fingerprint density at radius 1 is 1.21 bits per heavy atom. The molecule has 1 aliphatic heterocycles. The van der Waals surface area contributed by atoms with E-state index in [9.17, 15) is 13.2 Å². The monoisotopic (exact) mass is 270 g/mol. The summed E-state index contributed by atoms with van der Waals surface area (Å²) < 4.78 is 43.7. The van der Waals surface area contributed by atoms with Crippen LogP contribution in [0.1, 0.15) is 30.9 Å². The Morgan fingerprint density at radius 3 is 2.47 bits per heavy atom. The summed E-state index contributed by atoms with van der Waals surface area (Å²) in [7, 11) is 0. The van der Waals surface area contributed by atoms with Gasteiger partial charge in [-0.05, 0) is 31.4 Å². The first kappa shape index (κ1) is 14.1. The number of rotatable bonds is 2. The van der Waals surface area contributed by atoms with Crippen LogP contribution in [0.25, 0.3) is 0 Å². The third-order valence-corrected chi connectivity index (χ3v) is 3.64. The normalized spacial score (nSPS) is 19.8. The Labute approximate surface area is 111 Å². The molecule has 0 N–H and O–H groups in total. The lowest BCUT2D eigenvalue weighted by Crippen LogP contribution is -2.32. The average molecular weight is 270 g/mol. The Kier molecular flexibility index (Phi) is 3.99. The molecule has 1 nitrogen and oxygen atoms in total. The van der Waals surface area contributed by atoms with Crippen molar-refractivity contribution >= 4 is 0 Å². The summed E-state index contributed by atoms with van der Waals surface area (Å²) in [4.78, 5) is 0. The molecule has 0 radical (unpaired) electrons. The quantitative estimate of drug-likeness (QED) is 0.727. The van der Waals surface area contributed by atoms with E-state index in [4.69, 9.17) is 4.74 Å². The van der Waals surface area contributed by atoms with Gasteiger partial charge in [0.1, 0.15) is 0 Å². The number of alkyl halides is 3. The lowest BCUT2D eigenvalue weighted by molar-refractivity contribution is -0.137. The van der Waals surface area contributed by atoms with Crippen LogP contribution in [-0.2, 0) is 16.3 Å². The zero-order valence-electron chi connectivity index (χ0n) is 10.8. The topological polar surface area (TPSA) is 9.23 Å². The largest absolute Gasteiger partial charge is 0.416 e. The van der Waals surface area contributed by atoms with Gasteiger partial charge in [-0.3, -0.25) is 0 Å². The highest BCUT2D eigenvalue weighted by Gasteiger charge is 2.35. The Morgan fingerprint density at radius 2 is 1.89 bits per heavy atom. The van der Waals surface area contributed by atoms with Crippen molar-refractivity contribution in [1.82, 2.24) is 0 Å². The summed E-state index contributed by atoms with van der Waals surface area (Å²) in [5.74, 6) is 0. The molecule has 1 aliphatic rings. The van der Waals surface area contributed by atoms with E-state index in [0.717, 1.165) is 24.5 Å². The van der Waals surface area contributed by atoms with Crippen molar-refractivity contribution in [2.24, 2.45) is 0 Å². The van der Waals surface area contributed by atoms with Crippen molar-refractivity contribution < 1.29 is 17.9 Å². The molecule has 1 aromatic rings. The number of benzene rings is 1. The molecule has 2 rings (SSSR count). The standard InChI is InChI=1S/C15H17F3O/c1-2-6-14(7-9-19-10-8-14)12-4-3-5-13(11-12)15(16,17)18/h2-6,11H,7-10H2,1H3/b6-2+. The molecule has 1 heterocycles. The van der Waals surface area contributed by atoms with Crippen molar-refractivity contribution in [2.45, 2.75) is 31.4 Å². The number of allylic oxidation sites excluding steroid dienone is 2. The van der Waals surface area contributed by atoms with E-state index < -0.39 is 11.7 Å². The highest BCUT2D eigenvalue weighted by molar-refractivity contribution is 5.36. The Balaban J connectivity index is 2.42. The van der Waals surface area contributed by atoms with Crippen LogP contribution in [0.4, 0.5) is 13.2 Å². The second kappa shape index (κ2) is 5.37. The Hall–Kier alpha value is -1.29. The molecule has 0 unspecified atom stereocenters. The van der Waals surface area contributed by atoms with Crippen molar-refractivity contribution in [3.05, 3.63) is 47.5 Å². The highest BCUT2D eigenvalue weighted by Crippen LogP contribution is 2.39.